The Bertz CT molecular complexity index is 1010. The van der Waals surface area contributed by atoms with Gasteiger partial charge in [-0.15, -0.1) is 0 Å². The summed E-state index contributed by atoms with van der Waals surface area (Å²) in [7, 11) is 0. The van der Waals surface area contributed by atoms with Gasteiger partial charge in [0, 0.05) is 22.9 Å². The number of rotatable bonds is 6. The Morgan fingerprint density at radius 2 is 1.53 bits per heavy atom. The topological polar surface area (TPSA) is 99.3 Å². The number of hydrogen-bond acceptors (Lipinski definition) is 3. The number of carbonyl (C=O) groups excluding carboxylic acids is 2. The number of nitrogens with two attached hydrogens (primary N) is 1. The van der Waals surface area contributed by atoms with Crippen LogP contribution < -0.4 is 16.0 Å². The number of para-hydroxylation sites is 1. The summed E-state index contributed by atoms with van der Waals surface area (Å²) in [6.45, 7) is -0.0318. The SMILES string of the molecule is N=C(N)c1cccc(C(=O)N(CC(=O)NC2C3CC4CC(C3)CC2C4)c2ccccc2)c1. The van der Waals surface area contributed by atoms with E-state index in [-0.39, 0.29) is 30.2 Å². The molecule has 6 nitrogen and oxygen atoms in total. The number of anilines is 1. The second-order valence-electron chi connectivity index (χ2n) is 9.75. The third-order valence-corrected chi connectivity index (χ3v) is 7.59. The first-order valence-electron chi connectivity index (χ1n) is 11.6. The molecule has 32 heavy (non-hydrogen) atoms. The van der Waals surface area contributed by atoms with Crippen LogP contribution in [-0.4, -0.2) is 30.2 Å². The Kier molecular flexibility index (Phi) is 5.45. The average Bonchev–Trinajstić information content (AvgIpc) is 2.79. The van der Waals surface area contributed by atoms with Crippen LogP contribution in [0.3, 0.4) is 0 Å². The van der Waals surface area contributed by atoms with E-state index < -0.39 is 0 Å². The second kappa shape index (κ2) is 8.41. The summed E-state index contributed by atoms with van der Waals surface area (Å²) < 4.78 is 0. The summed E-state index contributed by atoms with van der Waals surface area (Å²) in [6, 6.07) is 16.2. The van der Waals surface area contributed by atoms with Crippen molar-refractivity contribution in [3.63, 3.8) is 0 Å². The van der Waals surface area contributed by atoms with Crippen LogP contribution in [-0.2, 0) is 4.79 Å². The third-order valence-electron chi connectivity index (χ3n) is 7.59. The highest BCUT2D eigenvalue weighted by molar-refractivity contribution is 6.10. The minimum Gasteiger partial charge on any atom is -0.384 e. The molecule has 4 aliphatic carbocycles. The van der Waals surface area contributed by atoms with Gasteiger partial charge in [0.1, 0.15) is 12.4 Å². The highest BCUT2D eigenvalue weighted by Crippen LogP contribution is 2.53. The monoisotopic (exact) mass is 430 g/mol. The lowest BCUT2D eigenvalue weighted by atomic mass is 9.54. The number of hydrogen-bond donors (Lipinski definition) is 3. The van der Waals surface area contributed by atoms with Crippen LogP contribution in [0.2, 0.25) is 0 Å². The first-order chi connectivity index (χ1) is 15.5. The van der Waals surface area contributed by atoms with E-state index in [2.05, 4.69) is 5.32 Å². The summed E-state index contributed by atoms with van der Waals surface area (Å²) in [4.78, 5) is 28.1. The minimum atomic E-state index is -0.278. The summed E-state index contributed by atoms with van der Waals surface area (Å²) in [5.74, 6) is 2.39. The normalized spacial score (nSPS) is 27.7. The smallest absolute Gasteiger partial charge is 0.258 e. The molecule has 0 aliphatic heterocycles. The number of amidine groups is 1. The Labute approximate surface area is 188 Å². The summed E-state index contributed by atoms with van der Waals surface area (Å²) in [6.07, 6.45) is 6.31. The maximum atomic E-state index is 13.4. The summed E-state index contributed by atoms with van der Waals surface area (Å²) in [5, 5.41) is 11.0. The molecule has 0 saturated heterocycles. The van der Waals surface area contributed by atoms with Crippen LogP contribution in [0.4, 0.5) is 5.69 Å². The van der Waals surface area contributed by atoms with Crippen molar-refractivity contribution in [1.29, 1.82) is 5.41 Å². The minimum absolute atomic E-state index is 0.0318. The van der Waals surface area contributed by atoms with Crippen LogP contribution >= 0.6 is 0 Å². The highest BCUT2D eigenvalue weighted by Gasteiger charge is 2.48. The van der Waals surface area contributed by atoms with Crippen LogP contribution in [0.1, 0.15) is 48.0 Å². The zero-order chi connectivity index (χ0) is 22.2. The van der Waals surface area contributed by atoms with Crippen molar-refractivity contribution in [3.8, 4) is 0 Å². The summed E-state index contributed by atoms with van der Waals surface area (Å²) >= 11 is 0. The van der Waals surface area contributed by atoms with Gasteiger partial charge in [0.25, 0.3) is 5.91 Å². The highest BCUT2D eigenvalue weighted by atomic mass is 16.2. The zero-order valence-corrected chi connectivity index (χ0v) is 18.2. The average molecular weight is 431 g/mol. The molecule has 0 spiro atoms. The van der Waals surface area contributed by atoms with Crippen molar-refractivity contribution < 1.29 is 9.59 Å². The van der Waals surface area contributed by atoms with E-state index in [0.717, 1.165) is 11.8 Å². The molecule has 4 fully saturated rings. The quantitative estimate of drug-likeness (QED) is 0.483. The predicted molar refractivity (Wildman–Crippen MR) is 125 cm³/mol. The van der Waals surface area contributed by atoms with Crippen molar-refractivity contribution >= 4 is 23.3 Å². The van der Waals surface area contributed by atoms with Crippen molar-refractivity contribution in [2.75, 3.05) is 11.4 Å². The fourth-order valence-corrected chi connectivity index (χ4v) is 6.40. The van der Waals surface area contributed by atoms with Crippen molar-refractivity contribution in [3.05, 3.63) is 65.7 Å². The molecule has 4 aliphatic rings. The van der Waals surface area contributed by atoms with E-state index in [9.17, 15) is 9.59 Å². The van der Waals surface area contributed by atoms with Crippen molar-refractivity contribution in [2.24, 2.45) is 29.4 Å². The number of benzene rings is 2. The molecule has 0 aromatic heterocycles. The fraction of sp³-hybridized carbons (Fsp3) is 0.423. The van der Waals surface area contributed by atoms with Gasteiger partial charge in [0.15, 0.2) is 0 Å². The molecular weight excluding hydrogens is 400 g/mol. The Hall–Kier alpha value is -3.15. The first-order valence-corrected chi connectivity index (χ1v) is 11.6. The van der Waals surface area contributed by atoms with E-state index >= 15 is 0 Å². The molecule has 0 heterocycles. The van der Waals surface area contributed by atoms with Crippen LogP contribution in [0, 0.1) is 29.1 Å². The number of nitrogens with one attached hydrogen (secondary N) is 2. The molecule has 4 N–H and O–H groups in total. The Morgan fingerprint density at radius 1 is 0.906 bits per heavy atom. The number of nitrogen functional groups attached to an aromatic ring is 1. The third kappa shape index (κ3) is 4.01. The van der Waals surface area contributed by atoms with Gasteiger partial charge < -0.3 is 11.1 Å². The van der Waals surface area contributed by atoms with Crippen molar-refractivity contribution in [2.45, 2.75) is 38.1 Å². The molecule has 2 aromatic carbocycles. The van der Waals surface area contributed by atoms with Gasteiger partial charge in [-0.2, -0.15) is 0 Å². The second-order valence-corrected chi connectivity index (χ2v) is 9.75. The largest absolute Gasteiger partial charge is 0.384 e. The molecule has 2 aromatic rings. The van der Waals surface area contributed by atoms with Gasteiger partial charge in [0.05, 0.1) is 0 Å². The van der Waals surface area contributed by atoms with E-state index in [1.807, 2.05) is 30.3 Å². The molecule has 0 radical (unpaired) electrons. The molecular formula is C26H30N4O2. The van der Waals surface area contributed by atoms with Crippen LogP contribution in [0.5, 0.6) is 0 Å². The maximum Gasteiger partial charge on any atom is 0.258 e. The Balaban J connectivity index is 1.35. The molecule has 4 saturated carbocycles. The lowest BCUT2D eigenvalue weighted by Crippen LogP contribution is -2.57. The Morgan fingerprint density at radius 3 is 2.16 bits per heavy atom. The van der Waals surface area contributed by atoms with Gasteiger partial charge in [-0.05, 0) is 80.0 Å². The predicted octanol–water partition coefficient (Wildman–Crippen LogP) is 3.56. The number of carbonyl (C=O) groups is 2. The summed E-state index contributed by atoms with van der Waals surface area (Å²) in [5.41, 5.74) is 7.17. The molecule has 4 bridgehead atoms. The molecule has 0 atom stereocenters. The van der Waals surface area contributed by atoms with Gasteiger partial charge in [0.2, 0.25) is 5.91 Å². The van der Waals surface area contributed by atoms with E-state index in [1.165, 1.54) is 37.0 Å². The van der Waals surface area contributed by atoms with E-state index in [0.29, 0.717) is 28.7 Å². The molecule has 6 rings (SSSR count). The van der Waals surface area contributed by atoms with E-state index in [1.54, 1.807) is 24.3 Å². The first kappa shape index (κ1) is 20.7. The van der Waals surface area contributed by atoms with Crippen LogP contribution in [0.25, 0.3) is 0 Å². The lowest BCUT2D eigenvalue weighted by molar-refractivity contribution is -0.123. The van der Waals surface area contributed by atoms with Gasteiger partial charge in [-0.1, -0.05) is 30.3 Å². The maximum absolute atomic E-state index is 13.4. The van der Waals surface area contributed by atoms with Gasteiger partial charge >= 0.3 is 0 Å². The molecule has 2 amide bonds. The lowest BCUT2D eigenvalue weighted by Gasteiger charge is -2.54. The zero-order valence-electron chi connectivity index (χ0n) is 18.2. The van der Waals surface area contributed by atoms with Crippen LogP contribution in [0.15, 0.2) is 54.6 Å². The standard InChI is InChI=1S/C26H30N4O2/c27-25(28)18-5-4-6-19(14-18)26(32)30(22-7-2-1-3-8-22)15-23(31)29-24-20-10-16-9-17(12-20)13-21(24)11-16/h1-8,14,16-17,20-21,24H,9-13,15H2,(H3,27,28)(H,29,31). The fourth-order valence-electron chi connectivity index (χ4n) is 6.40. The number of amides is 2. The van der Waals surface area contributed by atoms with Crippen molar-refractivity contribution in [1.82, 2.24) is 5.32 Å². The number of nitrogens with zero attached hydrogens (tertiary/aromatic N) is 1. The molecule has 0 unspecified atom stereocenters. The molecule has 166 valence electrons. The van der Waals surface area contributed by atoms with E-state index in [4.69, 9.17) is 11.1 Å². The molecule has 6 heteroatoms. The van der Waals surface area contributed by atoms with Gasteiger partial charge in [-0.25, -0.2) is 0 Å². The van der Waals surface area contributed by atoms with Gasteiger partial charge in [-0.3, -0.25) is 19.9 Å².